The van der Waals surface area contributed by atoms with Gasteiger partial charge in [-0.2, -0.15) is 0 Å². The summed E-state index contributed by atoms with van der Waals surface area (Å²) in [6.45, 7) is 15.3. The molecule has 4 atom stereocenters. The van der Waals surface area contributed by atoms with E-state index in [1.54, 1.807) is 11.1 Å². The SMILES string of the molecule is CC(C)(C)[P@]1Cc2cc3ccccc3cc2-c2cc3ccccc3cc2[C@H]1[C@@H]1c2cc3ccccc3cc2-c2cc3ccccc3cc2C[P@@]1C(C)(C)C. The summed E-state index contributed by atoms with van der Waals surface area (Å²) in [5.41, 5.74) is 12.7. The van der Waals surface area contributed by atoms with E-state index in [1.807, 2.05) is 0 Å². The molecule has 0 saturated carbocycles. The highest BCUT2D eigenvalue weighted by Crippen LogP contribution is 2.79. The van der Waals surface area contributed by atoms with E-state index in [4.69, 9.17) is 0 Å². The second kappa shape index (κ2) is 12.6. The van der Waals surface area contributed by atoms with Gasteiger partial charge >= 0.3 is 0 Å². The molecule has 0 unspecified atom stereocenters. The van der Waals surface area contributed by atoms with Gasteiger partial charge in [-0.05, 0) is 147 Å². The lowest BCUT2D eigenvalue weighted by atomic mass is 9.86. The summed E-state index contributed by atoms with van der Waals surface area (Å²) in [6.07, 6.45) is 2.25. The Morgan fingerprint density at radius 2 is 0.611 bits per heavy atom. The fraction of sp³-hybridized carbons (Fsp3) is 0.231. The van der Waals surface area contributed by atoms with Crippen molar-refractivity contribution in [2.45, 2.75) is 75.5 Å². The van der Waals surface area contributed by atoms with Crippen molar-refractivity contribution in [1.82, 2.24) is 0 Å². The van der Waals surface area contributed by atoms with E-state index >= 15 is 0 Å². The predicted octanol–water partition coefficient (Wildman–Crippen LogP) is 16.0. The summed E-state index contributed by atoms with van der Waals surface area (Å²) in [4.78, 5) is 0. The molecule has 0 nitrogen and oxygen atoms in total. The van der Waals surface area contributed by atoms with Gasteiger partial charge in [-0.1, -0.05) is 167 Å². The third kappa shape index (κ3) is 5.64. The summed E-state index contributed by atoms with van der Waals surface area (Å²) >= 11 is 0. The number of rotatable bonds is 1. The predicted molar refractivity (Wildman–Crippen MR) is 240 cm³/mol. The minimum absolute atomic E-state index is 0.125. The molecule has 54 heavy (non-hydrogen) atoms. The zero-order chi connectivity index (χ0) is 36.9. The summed E-state index contributed by atoms with van der Waals surface area (Å²) in [5, 5.41) is 11.0. The normalized spacial score (nSPS) is 19.9. The van der Waals surface area contributed by atoms with Crippen LogP contribution in [-0.4, -0.2) is 10.3 Å². The van der Waals surface area contributed by atoms with Crippen LogP contribution < -0.4 is 0 Å². The highest BCUT2D eigenvalue weighted by molar-refractivity contribution is 7.63. The lowest BCUT2D eigenvalue weighted by Gasteiger charge is -2.48. The topological polar surface area (TPSA) is 0 Å². The molecule has 2 aliphatic rings. The minimum atomic E-state index is -0.554. The Morgan fingerprint density at radius 1 is 0.352 bits per heavy atom. The van der Waals surface area contributed by atoms with Gasteiger partial charge in [-0.25, -0.2) is 0 Å². The average molecular weight is 735 g/mol. The van der Waals surface area contributed by atoms with Crippen molar-refractivity contribution in [1.29, 1.82) is 0 Å². The number of hydrogen-bond donors (Lipinski definition) is 0. The van der Waals surface area contributed by atoms with Gasteiger partial charge in [0.2, 0.25) is 0 Å². The molecule has 2 heteroatoms. The van der Waals surface area contributed by atoms with Crippen LogP contribution in [0.4, 0.5) is 0 Å². The Labute approximate surface area is 323 Å². The van der Waals surface area contributed by atoms with E-state index < -0.39 is 15.8 Å². The van der Waals surface area contributed by atoms with Gasteiger partial charge in [-0.15, -0.1) is 0 Å². The Bertz CT molecular complexity index is 2580. The molecule has 8 aromatic rings. The number of fused-ring (bicyclic) bond motifs is 10. The molecular formula is C52H48P2. The average Bonchev–Trinajstić information content (AvgIpc) is 3.38. The molecule has 0 amide bonds. The molecular weight excluding hydrogens is 687 g/mol. The third-order valence-electron chi connectivity index (χ3n) is 12.4. The summed E-state index contributed by atoms with van der Waals surface area (Å²) in [6, 6.07) is 56.8. The summed E-state index contributed by atoms with van der Waals surface area (Å²) in [5.74, 6) is 0. The second-order valence-corrected chi connectivity index (χ2v) is 24.1. The van der Waals surface area contributed by atoms with Crippen LogP contribution in [0.25, 0.3) is 65.3 Å². The van der Waals surface area contributed by atoms with Crippen molar-refractivity contribution in [3.63, 3.8) is 0 Å². The molecule has 0 radical (unpaired) electrons. The smallest absolute Gasteiger partial charge is 0.0165 e. The van der Waals surface area contributed by atoms with Crippen molar-refractivity contribution in [2.75, 3.05) is 0 Å². The van der Waals surface area contributed by atoms with Crippen LogP contribution in [-0.2, 0) is 12.3 Å². The van der Waals surface area contributed by atoms with Crippen molar-refractivity contribution in [2.24, 2.45) is 0 Å². The van der Waals surface area contributed by atoms with Gasteiger partial charge in [0.15, 0.2) is 0 Å². The first-order valence-corrected chi connectivity index (χ1v) is 22.8. The Kier molecular flexibility index (Phi) is 7.97. The van der Waals surface area contributed by atoms with Crippen LogP contribution in [0.15, 0.2) is 146 Å². The molecule has 8 aromatic carbocycles. The standard InChI is InChI=1S/C52H48P2/c1-51(2,3)53-31-41-23-33-15-7-9-17-35(33)25-43(41)45-27-37-19-11-13-21-39(37)29-47(45)49(53)50-48-30-40-22-14-12-20-38(40)28-46(48)44-26-36-18-10-8-16-34(36)24-42(44)32-54(50)52(4,5)6/h7-30,49-50H,31-32H2,1-6H3/t49-,50-,53+,54+/m0/s1. The quantitative estimate of drug-likeness (QED) is 0.147. The molecule has 2 aliphatic heterocycles. The molecule has 0 N–H and O–H groups in total. The highest BCUT2D eigenvalue weighted by atomic mass is 31.1. The fourth-order valence-electron chi connectivity index (χ4n) is 9.70. The van der Waals surface area contributed by atoms with E-state index in [0.717, 1.165) is 12.3 Å². The Hall–Kier alpha value is -4.34. The molecule has 0 saturated heterocycles. The summed E-state index contributed by atoms with van der Waals surface area (Å²) in [7, 11) is -1.11. The lowest BCUT2D eigenvalue weighted by molar-refractivity contribution is 0.723. The lowest BCUT2D eigenvalue weighted by Crippen LogP contribution is -2.25. The van der Waals surface area contributed by atoms with Crippen LogP contribution in [0.2, 0.25) is 0 Å². The molecule has 0 fully saturated rings. The zero-order valence-electron chi connectivity index (χ0n) is 32.3. The maximum absolute atomic E-state index is 2.64. The van der Waals surface area contributed by atoms with Crippen LogP contribution in [0, 0.1) is 0 Å². The molecule has 0 spiro atoms. The minimum Gasteiger partial charge on any atom is -0.0880 e. The molecule has 0 bridgehead atoms. The van der Waals surface area contributed by atoms with E-state index in [1.165, 1.54) is 76.5 Å². The van der Waals surface area contributed by atoms with Crippen LogP contribution >= 0.6 is 15.8 Å². The van der Waals surface area contributed by atoms with Crippen molar-refractivity contribution in [3.05, 3.63) is 168 Å². The first-order chi connectivity index (χ1) is 26.0. The van der Waals surface area contributed by atoms with Gasteiger partial charge in [0, 0.05) is 11.3 Å². The van der Waals surface area contributed by atoms with E-state index in [9.17, 15) is 0 Å². The van der Waals surface area contributed by atoms with Gasteiger partial charge in [0.05, 0.1) is 0 Å². The molecule has 0 aromatic heterocycles. The van der Waals surface area contributed by atoms with Gasteiger partial charge in [0.1, 0.15) is 0 Å². The number of benzene rings is 8. The van der Waals surface area contributed by atoms with Crippen molar-refractivity contribution >= 4 is 58.9 Å². The molecule has 0 aliphatic carbocycles. The first-order valence-electron chi connectivity index (χ1n) is 19.6. The maximum Gasteiger partial charge on any atom is 0.0165 e. The van der Waals surface area contributed by atoms with Gasteiger partial charge in [0.25, 0.3) is 0 Å². The Balaban J connectivity index is 1.34. The molecule has 2 heterocycles. The summed E-state index contributed by atoms with van der Waals surface area (Å²) < 4.78 is 0. The van der Waals surface area contributed by atoms with E-state index in [2.05, 4.69) is 187 Å². The maximum atomic E-state index is 2.64. The number of hydrogen-bond acceptors (Lipinski definition) is 0. The fourth-order valence-corrected chi connectivity index (χ4v) is 17.0. The van der Waals surface area contributed by atoms with Crippen molar-refractivity contribution < 1.29 is 0 Å². The van der Waals surface area contributed by atoms with Crippen molar-refractivity contribution in [3.8, 4) is 22.3 Å². The Morgan fingerprint density at radius 3 is 0.907 bits per heavy atom. The second-order valence-electron chi connectivity index (χ2n) is 17.8. The van der Waals surface area contributed by atoms with Crippen LogP contribution in [0.3, 0.4) is 0 Å². The molecule has 266 valence electrons. The van der Waals surface area contributed by atoms with Crippen LogP contribution in [0.5, 0.6) is 0 Å². The van der Waals surface area contributed by atoms with E-state index in [-0.39, 0.29) is 10.3 Å². The van der Waals surface area contributed by atoms with E-state index in [0.29, 0.717) is 11.3 Å². The zero-order valence-corrected chi connectivity index (χ0v) is 34.1. The third-order valence-corrected chi connectivity index (χ3v) is 19.9. The highest BCUT2D eigenvalue weighted by Gasteiger charge is 2.48. The molecule has 10 rings (SSSR count). The largest absolute Gasteiger partial charge is 0.0880 e. The van der Waals surface area contributed by atoms with Gasteiger partial charge in [-0.3, -0.25) is 0 Å². The van der Waals surface area contributed by atoms with Gasteiger partial charge < -0.3 is 0 Å². The monoisotopic (exact) mass is 734 g/mol. The first kappa shape index (κ1) is 34.2. The van der Waals surface area contributed by atoms with Crippen LogP contribution in [0.1, 0.15) is 75.1 Å².